The minimum atomic E-state index is -0.302. The summed E-state index contributed by atoms with van der Waals surface area (Å²) in [5.41, 5.74) is 4.16. The van der Waals surface area contributed by atoms with Gasteiger partial charge >= 0.3 is 0 Å². The van der Waals surface area contributed by atoms with Crippen LogP contribution in [0.4, 0.5) is 0 Å². The maximum Gasteiger partial charge on any atom is 0.224 e. The molecular weight excluding hydrogens is 328 g/mol. The molecule has 0 bridgehead atoms. The van der Waals surface area contributed by atoms with Crippen LogP contribution in [0.1, 0.15) is 16.7 Å². The molecular formula is C21H24N2O3. The molecule has 3 rings (SSSR count). The number of fused-ring (bicyclic) bond motifs is 1. The summed E-state index contributed by atoms with van der Waals surface area (Å²) in [5.74, 6) is 0.646. The molecule has 3 aromatic rings. The molecule has 1 unspecified atom stereocenters. The number of methoxy groups -OCH3 is 1. The van der Waals surface area contributed by atoms with Gasteiger partial charge in [-0.1, -0.05) is 24.3 Å². The lowest BCUT2D eigenvalue weighted by molar-refractivity contribution is -0.121. The first-order chi connectivity index (χ1) is 12.6. The number of amides is 1. The summed E-state index contributed by atoms with van der Waals surface area (Å²) < 4.78 is 5.26. The van der Waals surface area contributed by atoms with Crippen molar-refractivity contribution in [2.45, 2.75) is 25.8 Å². The summed E-state index contributed by atoms with van der Waals surface area (Å²) in [4.78, 5) is 15.7. The number of aromatic nitrogens is 1. The molecule has 136 valence electrons. The van der Waals surface area contributed by atoms with Gasteiger partial charge in [0.15, 0.2) is 0 Å². The molecule has 1 amide bonds. The third-order valence-electron chi connectivity index (χ3n) is 4.64. The van der Waals surface area contributed by atoms with Gasteiger partial charge in [-0.05, 0) is 48.2 Å². The van der Waals surface area contributed by atoms with Crippen LogP contribution in [-0.2, 0) is 17.6 Å². The van der Waals surface area contributed by atoms with Crippen molar-refractivity contribution in [3.8, 4) is 5.75 Å². The average molecular weight is 352 g/mol. The summed E-state index contributed by atoms with van der Waals surface area (Å²) >= 11 is 0. The van der Waals surface area contributed by atoms with Gasteiger partial charge in [0.1, 0.15) is 5.75 Å². The summed E-state index contributed by atoms with van der Waals surface area (Å²) in [6.07, 6.45) is 2.70. The van der Waals surface area contributed by atoms with Crippen LogP contribution in [0.5, 0.6) is 5.75 Å². The molecule has 0 aliphatic heterocycles. The number of carbonyl (C=O) groups excluding carboxylic acids is 1. The van der Waals surface area contributed by atoms with E-state index in [1.54, 1.807) is 7.11 Å². The lowest BCUT2D eigenvalue weighted by Crippen LogP contribution is -2.40. The summed E-state index contributed by atoms with van der Waals surface area (Å²) in [6, 6.07) is 13.4. The van der Waals surface area contributed by atoms with E-state index >= 15 is 0 Å². The number of hydrogen-bond donors (Lipinski definition) is 3. The van der Waals surface area contributed by atoms with E-state index in [4.69, 9.17) is 4.74 Å². The smallest absolute Gasteiger partial charge is 0.224 e. The molecule has 1 atom stereocenters. The van der Waals surface area contributed by atoms with E-state index in [-0.39, 0.29) is 25.0 Å². The number of aliphatic hydroxyl groups is 1. The first-order valence-corrected chi connectivity index (χ1v) is 8.69. The van der Waals surface area contributed by atoms with Gasteiger partial charge in [0.2, 0.25) is 5.91 Å². The van der Waals surface area contributed by atoms with Crippen LogP contribution in [0.15, 0.2) is 48.7 Å². The van der Waals surface area contributed by atoms with Crippen molar-refractivity contribution < 1.29 is 14.6 Å². The second-order valence-corrected chi connectivity index (χ2v) is 6.48. The Labute approximate surface area is 153 Å². The van der Waals surface area contributed by atoms with Crippen molar-refractivity contribution in [3.05, 3.63) is 65.4 Å². The van der Waals surface area contributed by atoms with Crippen LogP contribution in [0.25, 0.3) is 10.9 Å². The third kappa shape index (κ3) is 4.06. The quantitative estimate of drug-likeness (QED) is 0.612. The van der Waals surface area contributed by atoms with Crippen molar-refractivity contribution in [3.63, 3.8) is 0 Å². The van der Waals surface area contributed by atoms with Gasteiger partial charge in [-0.3, -0.25) is 4.79 Å². The van der Waals surface area contributed by atoms with Gasteiger partial charge in [0.05, 0.1) is 26.2 Å². The van der Waals surface area contributed by atoms with Gasteiger partial charge in [0.25, 0.3) is 0 Å². The van der Waals surface area contributed by atoms with Crippen molar-refractivity contribution in [2.75, 3.05) is 13.7 Å². The Morgan fingerprint density at radius 1 is 1.23 bits per heavy atom. The number of aromatic amines is 1. The minimum Gasteiger partial charge on any atom is -0.497 e. The lowest BCUT2D eigenvalue weighted by Gasteiger charge is -2.17. The fourth-order valence-corrected chi connectivity index (χ4v) is 3.15. The predicted molar refractivity (Wildman–Crippen MR) is 102 cm³/mol. The molecule has 0 aliphatic rings. The molecule has 0 radical (unpaired) electrons. The highest BCUT2D eigenvalue weighted by molar-refractivity contribution is 5.89. The van der Waals surface area contributed by atoms with Crippen LogP contribution in [-0.4, -0.2) is 35.8 Å². The highest BCUT2D eigenvalue weighted by atomic mass is 16.5. The first kappa shape index (κ1) is 18.0. The van der Waals surface area contributed by atoms with Crippen molar-refractivity contribution in [2.24, 2.45) is 0 Å². The van der Waals surface area contributed by atoms with E-state index in [0.29, 0.717) is 6.42 Å². The molecule has 0 saturated heterocycles. The zero-order chi connectivity index (χ0) is 18.5. The fourth-order valence-electron chi connectivity index (χ4n) is 3.15. The summed E-state index contributed by atoms with van der Waals surface area (Å²) in [5, 5.41) is 13.6. The molecule has 0 saturated carbocycles. The maximum atomic E-state index is 12.5. The number of aryl methyl sites for hydroxylation is 1. The molecule has 2 aromatic carbocycles. The molecule has 1 heterocycles. The topological polar surface area (TPSA) is 74.4 Å². The number of nitrogens with one attached hydrogen (secondary N) is 2. The number of hydrogen-bond acceptors (Lipinski definition) is 3. The van der Waals surface area contributed by atoms with Crippen molar-refractivity contribution in [1.29, 1.82) is 0 Å². The summed E-state index contributed by atoms with van der Waals surface area (Å²) in [6.45, 7) is 1.94. The van der Waals surface area contributed by atoms with Crippen LogP contribution in [0.2, 0.25) is 0 Å². The zero-order valence-electron chi connectivity index (χ0n) is 15.1. The predicted octanol–water partition coefficient (Wildman–Crippen LogP) is 2.75. The van der Waals surface area contributed by atoms with E-state index in [1.165, 1.54) is 0 Å². The highest BCUT2D eigenvalue weighted by Gasteiger charge is 2.15. The molecule has 0 fully saturated rings. The van der Waals surface area contributed by atoms with E-state index in [1.807, 2.05) is 55.6 Å². The molecule has 3 N–H and O–H groups in total. The molecule has 0 spiro atoms. The number of aliphatic hydroxyl groups excluding tert-OH is 1. The van der Waals surface area contributed by atoms with Gasteiger partial charge in [0, 0.05) is 17.1 Å². The Hall–Kier alpha value is -2.79. The van der Waals surface area contributed by atoms with E-state index in [9.17, 15) is 9.90 Å². The maximum absolute atomic E-state index is 12.5. The standard InChI is InChI=1S/C21H24N2O3/c1-14-5-3-4-6-15(14)9-17(13-24)23-21(25)10-16-12-22-20-8-7-18(26-2)11-19(16)20/h3-8,11-12,17,22,24H,9-10,13H2,1-2H3,(H,23,25). The van der Waals surface area contributed by atoms with E-state index in [0.717, 1.165) is 33.3 Å². The summed E-state index contributed by atoms with van der Waals surface area (Å²) in [7, 11) is 1.62. The zero-order valence-corrected chi connectivity index (χ0v) is 15.1. The van der Waals surface area contributed by atoms with E-state index in [2.05, 4.69) is 10.3 Å². The van der Waals surface area contributed by atoms with Crippen molar-refractivity contribution >= 4 is 16.8 Å². The first-order valence-electron chi connectivity index (χ1n) is 8.69. The second-order valence-electron chi connectivity index (χ2n) is 6.48. The van der Waals surface area contributed by atoms with Crippen LogP contribution in [0, 0.1) is 6.92 Å². The molecule has 26 heavy (non-hydrogen) atoms. The minimum absolute atomic E-state index is 0.0955. The second kappa shape index (κ2) is 8.06. The number of carbonyl (C=O) groups is 1. The number of rotatable bonds is 7. The number of H-pyrrole nitrogens is 1. The normalized spacial score (nSPS) is 12.1. The Bertz CT molecular complexity index is 901. The van der Waals surface area contributed by atoms with Gasteiger partial charge < -0.3 is 20.1 Å². The van der Waals surface area contributed by atoms with Gasteiger partial charge in [-0.15, -0.1) is 0 Å². The SMILES string of the molecule is COc1ccc2[nH]cc(CC(=O)NC(CO)Cc3ccccc3C)c2c1. The van der Waals surface area contributed by atoms with Crippen LogP contribution >= 0.6 is 0 Å². The Morgan fingerprint density at radius 2 is 2.04 bits per heavy atom. The van der Waals surface area contributed by atoms with E-state index < -0.39 is 0 Å². The monoisotopic (exact) mass is 352 g/mol. The Kier molecular flexibility index (Phi) is 5.58. The van der Waals surface area contributed by atoms with Crippen molar-refractivity contribution in [1.82, 2.24) is 10.3 Å². The molecule has 0 aliphatic carbocycles. The van der Waals surface area contributed by atoms with Gasteiger partial charge in [-0.25, -0.2) is 0 Å². The van der Waals surface area contributed by atoms with Gasteiger partial charge in [-0.2, -0.15) is 0 Å². The molecule has 5 nitrogen and oxygen atoms in total. The van der Waals surface area contributed by atoms with Crippen LogP contribution in [0.3, 0.4) is 0 Å². The molecule has 1 aromatic heterocycles. The fraction of sp³-hybridized carbons (Fsp3) is 0.286. The number of ether oxygens (including phenoxy) is 1. The Morgan fingerprint density at radius 3 is 2.77 bits per heavy atom. The lowest BCUT2D eigenvalue weighted by atomic mass is 10.0. The van der Waals surface area contributed by atoms with Crippen LogP contribution < -0.4 is 10.1 Å². The average Bonchev–Trinajstić information content (AvgIpc) is 3.04. The molecule has 5 heteroatoms. The number of benzene rings is 2. The third-order valence-corrected chi connectivity index (χ3v) is 4.64. The highest BCUT2D eigenvalue weighted by Crippen LogP contribution is 2.24. The largest absolute Gasteiger partial charge is 0.497 e. The Balaban J connectivity index is 1.68.